The highest BCUT2D eigenvalue weighted by Gasteiger charge is 2.34. The first-order valence-corrected chi connectivity index (χ1v) is 7.25. The smallest absolute Gasteiger partial charge is 0.311 e. The monoisotopic (exact) mass is 307 g/mol. The average molecular weight is 307 g/mol. The van der Waals surface area contributed by atoms with Gasteiger partial charge in [-0.05, 0) is 25.3 Å². The number of hydrogen-bond donors (Lipinski definition) is 2. The Morgan fingerprint density at radius 1 is 1.52 bits per heavy atom. The van der Waals surface area contributed by atoms with E-state index >= 15 is 0 Å². The van der Waals surface area contributed by atoms with Crippen molar-refractivity contribution in [3.05, 3.63) is 26.6 Å². The lowest BCUT2D eigenvalue weighted by atomic mass is 10.0. The molecule has 3 rings (SSSR count). The molecule has 0 saturated carbocycles. The van der Waals surface area contributed by atoms with E-state index < -0.39 is 17.8 Å². The van der Waals surface area contributed by atoms with Gasteiger partial charge < -0.3 is 10.8 Å². The number of nitrogens with two attached hydrogens (primary N) is 1. The molecule has 1 unspecified atom stereocenters. The Morgan fingerprint density at radius 2 is 2.24 bits per heavy atom. The quantitative estimate of drug-likeness (QED) is 0.849. The minimum atomic E-state index is -0.935. The predicted molar refractivity (Wildman–Crippen MR) is 76.5 cm³/mol. The molecule has 0 radical (unpaired) electrons. The van der Waals surface area contributed by atoms with Crippen molar-refractivity contribution < 1.29 is 14.7 Å². The van der Waals surface area contributed by atoms with Crippen molar-refractivity contribution in [2.45, 2.75) is 32.2 Å². The summed E-state index contributed by atoms with van der Waals surface area (Å²) in [7, 11) is 0. The van der Waals surface area contributed by atoms with Gasteiger partial charge >= 0.3 is 5.97 Å². The van der Waals surface area contributed by atoms with E-state index in [0.29, 0.717) is 34.4 Å². The maximum absolute atomic E-state index is 12.6. The Hall–Kier alpha value is -2.22. The fourth-order valence-corrected chi connectivity index (χ4v) is 4.10. The minimum absolute atomic E-state index is 0.254. The van der Waals surface area contributed by atoms with Gasteiger partial charge in [-0.15, -0.1) is 11.3 Å². The number of carboxylic acid groups (broad SMARTS) is 1. The molecule has 0 fully saturated rings. The molecule has 1 aliphatic carbocycles. The molecule has 0 bridgehead atoms. The second kappa shape index (κ2) is 4.66. The summed E-state index contributed by atoms with van der Waals surface area (Å²) in [6.45, 7) is 1.37. The molecule has 1 amide bonds. The molecule has 3 N–H and O–H groups in total. The molecule has 0 saturated heterocycles. The number of carboxylic acids is 1. The molecule has 21 heavy (non-hydrogen) atoms. The molecule has 8 heteroatoms. The van der Waals surface area contributed by atoms with E-state index in [-0.39, 0.29) is 12.1 Å². The third kappa shape index (κ3) is 2.02. The van der Waals surface area contributed by atoms with Crippen LogP contribution in [0.4, 0.5) is 0 Å². The van der Waals surface area contributed by atoms with E-state index in [2.05, 4.69) is 4.98 Å². The molecular weight excluding hydrogens is 294 g/mol. The van der Waals surface area contributed by atoms with Crippen molar-refractivity contribution in [2.75, 3.05) is 0 Å². The average Bonchev–Trinajstić information content (AvgIpc) is 2.91. The Morgan fingerprint density at radius 3 is 2.86 bits per heavy atom. The first-order chi connectivity index (χ1) is 9.90. The number of aromatic nitrogens is 2. The van der Waals surface area contributed by atoms with Gasteiger partial charge in [-0.3, -0.25) is 19.0 Å². The van der Waals surface area contributed by atoms with Crippen molar-refractivity contribution in [1.29, 1.82) is 0 Å². The number of carbonyl (C=O) groups excluding carboxylic acids is 1. The molecule has 2 heterocycles. The van der Waals surface area contributed by atoms with Crippen LogP contribution in [0.25, 0.3) is 10.2 Å². The number of aryl methyl sites for hydroxylation is 2. The summed E-state index contributed by atoms with van der Waals surface area (Å²) in [5, 5.41) is 9.63. The molecular formula is C13H13N3O4S. The standard InChI is InChI=1S/C13H13N3O4S/c1-5-15-11-10(12(18)16(5)4-8(14)17)9-6(13(19)20)2-3-7(9)21-11/h6H,2-4H2,1H3,(H2,14,17)(H,19,20). The van der Waals surface area contributed by atoms with Crippen molar-refractivity contribution in [1.82, 2.24) is 9.55 Å². The van der Waals surface area contributed by atoms with E-state index in [4.69, 9.17) is 5.73 Å². The molecule has 110 valence electrons. The zero-order valence-electron chi connectivity index (χ0n) is 11.3. The number of nitrogens with zero attached hydrogens (tertiary/aromatic N) is 2. The van der Waals surface area contributed by atoms with Crippen LogP contribution in [-0.2, 0) is 22.6 Å². The van der Waals surface area contributed by atoms with Gasteiger partial charge in [-0.2, -0.15) is 0 Å². The first kappa shape index (κ1) is 13.7. The Labute approximate surface area is 123 Å². The zero-order chi connectivity index (χ0) is 15.3. The van der Waals surface area contributed by atoms with Gasteiger partial charge in [-0.1, -0.05) is 0 Å². The first-order valence-electron chi connectivity index (χ1n) is 6.44. The number of hydrogen-bond acceptors (Lipinski definition) is 5. The molecule has 1 aliphatic rings. The third-order valence-corrected chi connectivity index (χ3v) is 4.90. The number of rotatable bonds is 3. The van der Waals surface area contributed by atoms with Crippen LogP contribution in [-0.4, -0.2) is 26.5 Å². The summed E-state index contributed by atoms with van der Waals surface area (Å²) in [4.78, 5) is 40.8. The van der Waals surface area contributed by atoms with Crippen molar-refractivity contribution in [2.24, 2.45) is 5.73 Å². The lowest BCUT2D eigenvalue weighted by molar-refractivity contribution is -0.138. The molecule has 0 aromatic carbocycles. The van der Waals surface area contributed by atoms with Crippen LogP contribution in [0.5, 0.6) is 0 Å². The van der Waals surface area contributed by atoms with Gasteiger partial charge in [0, 0.05) is 4.88 Å². The van der Waals surface area contributed by atoms with E-state index in [1.165, 1.54) is 15.9 Å². The van der Waals surface area contributed by atoms with Gasteiger partial charge in [0.05, 0.1) is 11.3 Å². The summed E-state index contributed by atoms with van der Waals surface area (Å²) in [6.07, 6.45) is 1.14. The predicted octanol–water partition coefficient (Wildman–Crippen LogP) is 0.366. The summed E-state index contributed by atoms with van der Waals surface area (Å²) >= 11 is 1.36. The van der Waals surface area contributed by atoms with E-state index in [1.807, 2.05) is 0 Å². The number of carbonyl (C=O) groups is 2. The highest BCUT2D eigenvalue weighted by atomic mass is 32.1. The van der Waals surface area contributed by atoms with Crippen LogP contribution in [0.1, 0.15) is 28.6 Å². The topological polar surface area (TPSA) is 115 Å². The van der Waals surface area contributed by atoms with Crippen LogP contribution in [0.3, 0.4) is 0 Å². The van der Waals surface area contributed by atoms with Gasteiger partial charge in [0.25, 0.3) is 5.56 Å². The van der Waals surface area contributed by atoms with Crippen LogP contribution in [0.2, 0.25) is 0 Å². The minimum Gasteiger partial charge on any atom is -0.481 e. The number of primary amides is 1. The van der Waals surface area contributed by atoms with Crippen LogP contribution >= 0.6 is 11.3 Å². The Balaban J connectivity index is 2.32. The van der Waals surface area contributed by atoms with Crippen LogP contribution < -0.4 is 11.3 Å². The van der Waals surface area contributed by atoms with Crippen molar-refractivity contribution in [3.63, 3.8) is 0 Å². The van der Waals surface area contributed by atoms with E-state index in [1.54, 1.807) is 6.92 Å². The van der Waals surface area contributed by atoms with E-state index in [0.717, 1.165) is 4.88 Å². The maximum Gasteiger partial charge on any atom is 0.311 e. The lowest BCUT2D eigenvalue weighted by Crippen LogP contribution is -2.30. The maximum atomic E-state index is 12.6. The van der Waals surface area contributed by atoms with Crippen LogP contribution in [0, 0.1) is 6.92 Å². The second-order valence-corrected chi connectivity index (χ2v) is 6.15. The summed E-state index contributed by atoms with van der Waals surface area (Å²) < 4.78 is 1.20. The molecule has 1 atom stereocenters. The third-order valence-electron chi connectivity index (χ3n) is 3.74. The Kier molecular flexibility index (Phi) is 3.05. The lowest BCUT2D eigenvalue weighted by Gasteiger charge is -2.09. The molecule has 7 nitrogen and oxygen atoms in total. The summed E-state index contributed by atoms with van der Waals surface area (Å²) in [5.41, 5.74) is 5.33. The van der Waals surface area contributed by atoms with Gasteiger partial charge in [0.15, 0.2) is 0 Å². The zero-order valence-corrected chi connectivity index (χ0v) is 12.1. The van der Waals surface area contributed by atoms with Gasteiger partial charge in [0.1, 0.15) is 17.2 Å². The molecule has 0 aliphatic heterocycles. The van der Waals surface area contributed by atoms with E-state index in [9.17, 15) is 19.5 Å². The summed E-state index contributed by atoms with van der Waals surface area (Å²) in [6, 6.07) is 0. The van der Waals surface area contributed by atoms with Gasteiger partial charge in [-0.25, -0.2) is 4.98 Å². The largest absolute Gasteiger partial charge is 0.481 e. The number of thiophene rings is 1. The highest BCUT2D eigenvalue weighted by Crippen LogP contribution is 2.42. The SMILES string of the molecule is Cc1nc2sc3c(c2c(=O)n1CC(N)=O)C(C(=O)O)CC3. The number of amides is 1. The fraction of sp³-hybridized carbons (Fsp3) is 0.385. The molecule has 2 aromatic heterocycles. The number of fused-ring (bicyclic) bond motifs is 3. The second-order valence-electron chi connectivity index (χ2n) is 5.07. The summed E-state index contributed by atoms with van der Waals surface area (Å²) in [5.74, 6) is -1.84. The fourth-order valence-electron chi connectivity index (χ4n) is 2.81. The highest BCUT2D eigenvalue weighted by molar-refractivity contribution is 7.18. The van der Waals surface area contributed by atoms with Crippen LogP contribution in [0.15, 0.2) is 4.79 Å². The normalized spacial score (nSPS) is 17.1. The van der Waals surface area contributed by atoms with Crippen molar-refractivity contribution >= 4 is 33.4 Å². The number of aliphatic carboxylic acids is 1. The molecule has 2 aromatic rings. The van der Waals surface area contributed by atoms with Gasteiger partial charge in [0.2, 0.25) is 5.91 Å². The molecule has 0 spiro atoms. The van der Waals surface area contributed by atoms with Crippen molar-refractivity contribution in [3.8, 4) is 0 Å². The Bertz CT molecular complexity index is 836.